The molecule has 1 aromatic heterocycles. The van der Waals surface area contributed by atoms with Crippen molar-refractivity contribution in [1.29, 1.82) is 0 Å². The fourth-order valence-electron chi connectivity index (χ4n) is 2.98. The van der Waals surface area contributed by atoms with Gasteiger partial charge in [-0.25, -0.2) is 4.98 Å². The van der Waals surface area contributed by atoms with E-state index >= 15 is 0 Å². The van der Waals surface area contributed by atoms with Crippen molar-refractivity contribution in [2.45, 2.75) is 72.5 Å². The number of hydrogen-bond donors (Lipinski definition) is 1. The Balaban J connectivity index is 0.000000891. The summed E-state index contributed by atoms with van der Waals surface area (Å²) in [5, 5.41) is 0. The molecule has 5 nitrogen and oxygen atoms in total. The van der Waals surface area contributed by atoms with E-state index in [2.05, 4.69) is 49.7 Å². The van der Waals surface area contributed by atoms with E-state index in [4.69, 9.17) is 5.73 Å². The van der Waals surface area contributed by atoms with Crippen molar-refractivity contribution in [3.05, 3.63) is 23.9 Å². The number of amides is 1. The van der Waals surface area contributed by atoms with Gasteiger partial charge in [0.05, 0.1) is 6.04 Å². The average molecular weight is 335 g/mol. The lowest BCUT2D eigenvalue weighted by molar-refractivity contribution is -0.137. The predicted octanol–water partition coefficient (Wildman–Crippen LogP) is 2.97. The van der Waals surface area contributed by atoms with Crippen molar-refractivity contribution in [3.63, 3.8) is 0 Å². The van der Waals surface area contributed by atoms with Crippen LogP contribution in [-0.4, -0.2) is 47.0 Å². The van der Waals surface area contributed by atoms with Crippen LogP contribution in [0.2, 0.25) is 0 Å². The number of anilines is 1. The highest BCUT2D eigenvalue weighted by molar-refractivity contribution is 5.82. The van der Waals surface area contributed by atoms with Gasteiger partial charge < -0.3 is 15.5 Å². The molecule has 5 heteroatoms. The lowest BCUT2D eigenvalue weighted by Gasteiger charge is -2.46. The molecule has 2 rings (SSSR count). The number of carbonyl (C=O) groups is 1. The average Bonchev–Trinajstić information content (AvgIpc) is 2.54. The molecule has 1 aliphatic rings. The first-order chi connectivity index (χ1) is 11.3. The van der Waals surface area contributed by atoms with E-state index in [0.717, 1.165) is 30.9 Å². The van der Waals surface area contributed by atoms with E-state index < -0.39 is 6.04 Å². The van der Waals surface area contributed by atoms with Gasteiger partial charge in [-0.1, -0.05) is 33.3 Å². The van der Waals surface area contributed by atoms with Gasteiger partial charge in [0.15, 0.2) is 0 Å². The smallest absolute Gasteiger partial charge is 0.239 e. The number of nitrogens with two attached hydrogens (primary N) is 1. The Morgan fingerprint density at radius 3 is 2.42 bits per heavy atom. The Labute approximate surface area is 147 Å². The number of pyridine rings is 1. The summed E-state index contributed by atoms with van der Waals surface area (Å²) < 4.78 is 0. The number of piperazine rings is 1. The van der Waals surface area contributed by atoms with Crippen molar-refractivity contribution < 1.29 is 4.79 Å². The minimum absolute atomic E-state index is 0.0471. The van der Waals surface area contributed by atoms with Crippen LogP contribution in [0.15, 0.2) is 18.3 Å². The lowest BCUT2D eigenvalue weighted by atomic mass is 10.0. The Hall–Kier alpha value is -1.62. The summed E-state index contributed by atoms with van der Waals surface area (Å²) >= 11 is 0. The van der Waals surface area contributed by atoms with Crippen LogP contribution < -0.4 is 10.6 Å². The van der Waals surface area contributed by atoms with Crippen LogP contribution in [0.1, 0.15) is 53.0 Å². The summed E-state index contributed by atoms with van der Waals surface area (Å²) in [4.78, 5) is 21.1. The summed E-state index contributed by atoms with van der Waals surface area (Å²) in [7, 11) is 0. The predicted molar refractivity (Wildman–Crippen MR) is 101 cm³/mol. The van der Waals surface area contributed by atoms with Crippen molar-refractivity contribution in [1.82, 2.24) is 9.88 Å². The van der Waals surface area contributed by atoms with Crippen LogP contribution in [0.4, 0.5) is 5.82 Å². The molecule has 0 aromatic carbocycles. The van der Waals surface area contributed by atoms with Gasteiger partial charge in [0.2, 0.25) is 5.91 Å². The maximum absolute atomic E-state index is 12.3. The van der Waals surface area contributed by atoms with Gasteiger partial charge >= 0.3 is 0 Å². The number of aryl methyl sites for hydroxylation is 1. The molecule has 3 atom stereocenters. The number of hydrogen-bond acceptors (Lipinski definition) is 4. The number of nitrogens with zero attached hydrogens (tertiary/aromatic N) is 3. The highest BCUT2D eigenvalue weighted by Gasteiger charge is 2.35. The van der Waals surface area contributed by atoms with E-state index in [1.54, 1.807) is 6.92 Å². The molecular weight excluding hydrogens is 300 g/mol. The summed E-state index contributed by atoms with van der Waals surface area (Å²) in [5.41, 5.74) is 6.95. The second-order valence-corrected chi connectivity index (χ2v) is 6.75. The largest absolute Gasteiger partial charge is 0.353 e. The minimum atomic E-state index is -0.439. The second-order valence-electron chi connectivity index (χ2n) is 6.75. The summed E-state index contributed by atoms with van der Waals surface area (Å²) in [6.45, 7) is 13.9. The Morgan fingerprint density at radius 2 is 1.96 bits per heavy atom. The van der Waals surface area contributed by atoms with Crippen LogP contribution in [-0.2, 0) is 4.79 Å². The van der Waals surface area contributed by atoms with Gasteiger partial charge in [0, 0.05) is 31.4 Å². The molecule has 1 fully saturated rings. The van der Waals surface area contributed by atoms with Gasteiger partial charge in [-0.2, -0.15) is 0 Å². The normalized spacial score (nSPS) is 21.8. The number of rotatable bonds is 3. The Bertz CT molecular complexity index is 501. The van der Waals surface area contributed by atoms with Gasteiger partial charge in [0.25, 0.3) is 0 Å². The van der Waals surface area contributed by atoms with Gasteiger partial charge in [-0.3, -0.25) is 4.79 Å². The topological polar surface area (TPSA) is 62.5 Å². The molecule has 1 aromatic rings. The minimum Gasteiger partial charge on any atom is -0.353 e. The molecule has 24 heavy (non-hydrogen) atoms. The van der Waals surface area contributed by atoms with E-state index in [9.17, 15) is 4.79 Å². The molecule has 136 valence electrons. The summed E-state index contributed by atoms with van der Waals surface area (Å²) in [5.74, 6) is 1.03. The Kier molecular flexibility index (Phi) is 8.19. The molecule has 0 radical (unpaired) electrons. The summed E-state index contributed by atoms with van der Waals surface area (Å²) in [6, 6.07) is 4.02. The van der Waals surface area contributed by atoms with Crippen LogP contribution in [0, 0.1) is 6.92 Å². The van der Waals surface area contributed by atoms with Gasteiger partial charge in [-0.05, 0) is 38.8 Å². The standard InChI is InChI=1S/C16H26N4O.C3H8/c1-5-14-10-19(15-7-6-11(2)8-18-15)9-12(3)20(14)16(21)13(4)17;1-3-2/h6-8,12-14H,5,9-10,17H2,1-4H3;3H2,1-2H3/t12-,13?,14+;/m0./s1. The monoisotopic (exact) mass is 334 g/mol. The third-order valence-electron chi connectivity index (χ3n) is 4.12. The first-order valence-electron chi connectivity index (χ1n) is 9.10. The molecule has 1 saturated heterocycles. The maximum Gasteiger partial charge on any atom is 0.239 e. The fraction of sp³-hybridized carbons (Fsp3) is 0.684. The quantitative estimate of drug-likeness (QED) is 0.923. The van der Waals surface area contributed by atoms with Crippen molar-refractivity contribution in [2.75, 3.05) is 18.0 Å². The van der Waals surface area contributed by atoms with Crippen LogP contribution in [0.5, 0.6) is 0 Å². The second kappa shape index (κ2) is 9.62. The molecule has 0 saturated carbocycles. The van der Waals surface area contributed by atoms with Crippen LogP contribution >= 0.6 is 0 Å². The van der Waals surface area contributed by atoms with E-state index in [-0.39, 0.29) is 18.0 Å². The molecule has 1 aliphatic heterocycles. The highest BCUT2D eigenvalue weighted by atomic mass is 16.2. The van der Waals surface area contributed by atoms with Crippen molar-refractivity contribution in [2.24, 2.45) is 5.73 Å². The first-order valence-corrected chi connectivity index (χ1v) is 9.10. The zero-order valence-electron chi connectivity index (χ0n) is 16.1. The zero-order valence-corrected chi connectivity index (χ0v) is 16.1. The lowest BCUT2D eigenvalue weighted by Crippen LogP contribution is -2.62. The summed E-state index contributed by atoms with van der Waals surface area (Å²) in [6.07, 6.45) is 4.06. The van der Waals surface area contributed by atoms with E-state index in [1.807, 2.05) is 18.0 Å². The molecule has 0 spiro atoms. The molecule has 2 heterocycles. The third kappa shape index (κ3) is 5.20. The fourth-order valence-corrected chi connectivity index (χ4v) is 2.98. The van der Waals surface area contributed by atoms with Crippen molar-refractivity contribution in [3.8, 4) is 0 Å². The van der Waals surface area contributed by atoms with E-state index in [1.165, 1.54) is 6.42 Å². The number of carbonyl (C=O) groups excluding carboxylic acids is 1. The van der Waals surface area contributed by atoms with Crippen LogP contribution in [0.3, 0.4) is 0 Å². The molecule has 1 amide bonds. The molecule has 1 unspecified atom stereocenters. The molecule has 2 N–H and O–H groups in total. The molecule has 0 bridgehead atoms. The van der Waals surface area contributed by atoms with E-state index in [0.29, 0.717) is 0 Å². The van der Waals surface area contributed by atoms with Gasteiger partial charge in [0.1, 0.15) is 5.82 Å². The molecule has 0 aliphatic carbocycles. The first kappa shape index (κ1) is 20.4. The Morgan fingerprint density at radius 1 is 1.33 bits per heavy atom. The third-order valence-corrected chi connectivity index (χ3v) is 4.12. The van der Waals surface area contributed by atoms with Crippen molar-refractivity contribution >= 4 is 11.7 Å². The maximum atomic E-state index is 12.3. The molecular formula is C19H34N4O. The van der Waals surface area contributed by atoms with Gasteiger partial charge in [-0.15, -0.1) is 0 Å². The zero-order chi connectivity index (χ0) is 18.3. The number of aromatic nitrogens is 1. The highest BCUT2D eigenvalue weighted by Crippen LogP contribution is 2.23. The SMILES string of the molecule is CCC.CC[C@@H]1CN(c2ccc(C)cn2)C[C@H](C)N1C(=O)C(C)N. The van der Waals surface area contributed by atoms with Crippen LogP contribution in [0.25, 0.3) is 0 Å².